The van der Waals surface area contributed by atoms with Gasteiger partial charge in [0.05, 0.1) is 7.11 Å². The summed E-state index contributed by atoms with van der Waals surface area (Å²) < 4.78 is 4.52. The molecule has 1 aliphatic heterocycles. The molecule has 1 heterocycles. The highest BCUT2D eigenvalue weighted by molar-refractivity contribution is 7.99. The van der Waals surface area contributed by atoms with E-state index in [1.54, 1.807) is 0 Å². The molecule has 128 valence electrons. The van der Waals surface area contributed by atoms with Gasteiger partial charge in [-0.2, -0.15) is 11.8 Å². The minimum Gasteiger partial charge on any atom is -0.468 e. The monoisotopic (exact) mass is 337 g/mol. The Morgan fingerprint density at radius 1 is 1.39 bits per heavy atom. The van der Waals surface area contributed by atoms with Crippen LogP contribution in [0, 0.1) is 0 Å². The van der Waals surface area contributed by atoms with Gasteiger partial charge < -0.3 is 14.4 Å². The molecule has 0 bridgehead atoms. The van der Waals surface area contributed by atoms with E-state index in [2.05, 4.69) is 40.9 Å². The van der Waals surface area contributed by atoms with Gasteiger partial charge in [-0.3, -0.25) is 4.79 Å². The predicted molar refractivity (Wildman–Crippen MR) is 97.3 cm³/mol. The number of para-hydroxylation sites is 1. The minimum atomic E-state index is -0.251. The van der Waals surface area contributed by atoms with Crippen LogP contribution >= 0.6 is 11.8 Å². The molecule has 4 nitrogen and oxygen atoms in total. The summed E-state index contributed by atoms with van der Waals surface area (Å²) in [6.45, 7) is 1.21. The fourth-order valence-corrected chi connectivity index (χ4v) is 3.22. The number of fused-ring (bicyclic) bond motifs is 1. The lowest BCUT2D eigenvalue weighted by Crippen LogP contribution is -2.18. The second-order valence-corrected chi connectivity index (χ2v) is 6.54. The van der Waals surface area contributed by atoms with Crippen molar-refractivity contribution in [3.05, 3.63) is 29.8 Å². The number of carbonyl (C=O) groups excluding carboxylic acids is 2. The van der Waals surface area contributed by atoms with E-state index in [1.807, 2.05) is 6.26 Å². The van der Waals surface area contributed by atoms with Crippen LogP contribution in [-0.2, 0) is 20.7 Å². The Bertz CT molecular complexity index is 493. The molecule has 0 aliphatic carbocycles. The second-order valence-electron chi connectivity index (χ2n) is 5.50. The first-order chi connectivity index (χ1) is 11.1. The highest BCUT2D eigenvalue weighted by Gasteiger charge is 2.16. The highest BCUT2D eigenvalue weighted by Crippen LogP contribution is 2.24. The number of aryl methyl sites for hydroxylation is 1. The maximum Gasteiger partial charge on any atom is 0.318 e. The fraction of sp³-hybridized carbons (Fsp3) is 0.556. The van der Waals surface area contributed by atoms with Crippen LogP contribution in [-0.4, -0.2) is 44.5 Å². The summed E-state index contributed by atoms with van der Waals surface area (Å²) in [5.41, 5.74) is 2.94. The molecule has 0 aromatic heterocycles. The quantitative estimate of drug-likeness (QED) is 0.609. The molecule has 0 saturated carbocycles. The highest BCUT2D eigenvalue weighted by atomic mass is 32.2. The van der Waals surface area contributed by atoms with Gasteiger partial charge in [0.25, 0.3) is 0 Å². The van der Waals surface area contributed by atoms with E-state index in [1.165, 1.54) is 55.9 Å². The van der Waals surface area contributed by atoms with Crippen LogP contribution in [0.15, 0.2) is 24.3 Å². The van der Waals surface area contributed by atoms with Gasteiger partial charge >= 0.3 is 5.97 Å². The van der Waals surface area contributed by atoms with E-state index in [0.29, 0.717) is 12.8 Å². The molecule has 0 fully saturated rings. The van der Waals surface area contributed by atoms with Crippen LogP contribution in [0.2, 0.25) is 0 Å². The number of hydrogen-bond donors (Lipinski definition) is 0. The summed E-state index contributed by atoms with van der Waals surface area (Å²) in [6.07, 6.45) is 7.53. The van der Waals surface area contributed by atoms with Crippen molar-refractivity contribution >= 4 is 29.7 Å². The molecular formula is C18H27NO3S. The zero-order chi connectivity index (χ0) is 17.1. The molecule has 1 aliphatic rings. The van der Waals surface area contributed by atoms with Gasteiger partial charge in [-0.15, -0.1) is 0 Å². The van der Waals surface area contributed by atoms with Crippen molar-refractivity contribution in [3.8, 4) is 0 Å². The number of esters is 1. The van der Waals surface area contributed by atoms with Crippen LogP contribution in [0.4, 0.5) is 5.69 Å². The third kappa shape index (κ3) is 6.65. The van der Waals surface area contributed by atoms with Crippen molar-refractivity contribution in [3.63, 3.8) is 0 Å². The van der Waals surface area contributed by atoms with Gasteiger partial charge in [0.2, 0.25) is 0 Å². The van der Waals surface area contributed by atoms with Gasteiger partial charge in [-0.1, -0.05) is 18.2 Å². The molecule has 1 aromatic rings. The molecule has 0 N–H and O–H groups in total. The summed E-state index contributed by atoms with van der Waals surface area (Å²) in [5, 5.41) is -0.190. The number of benzene rings is 1. The lowest BCUT2D eigenvalue weighted by Gasteiger charge is -2.18. The molecule has 2 rings (SSSR count). The Morgan fingerprint density at radius 2 is 2.13 bits per heavy atom. The summed E-state index contributed by atoms with van der Waals surface area (Å²) >= 11 is 1.41. The Balaban J connectivity index is 0.000000232. The molecule has 0 amide bonds. The zero-order valence-electron chi connectivity index (χ0n) is 14.3. The SMILES string of the molecule is CN1CCCCc2ccccc21.COC(=O)C(CCC=O)SC. The normalized spacial score (nSPS) is 14.7. The first-order valence-corrected chi connectivity index (χ1v) is 9.26. The van der Waals surface area contributed by atoms with Crippen molar-refractivity contribution in [1.82, 2.24) is 0 Å². The third-order valence-corrected chi connectivity index (χ3v) is 4.88. The lowest BCUT2D eigenvalue weighted by atomic mass is 10.1. The van der Waals surface area contributed by atoms with Crippen molar-refractivity contribution < 1.29 is 14.3 Å². The molecule has 23 heavy (non-hydrogen) atoms. The Hall–Kier alpha value is -1.49. The smallest absolute Gasteiger partial charge is 0.318 e. The summed E-state index contributed by atoms with van der Waals surface area (Å²) in [5.74, 6) is -0.251. The Kier molecular flexibility index (Phi) is 9.45. The molecule has 1 atom stereocenters. The predicted octanol–water partition coefficient (Wildman–Crippen LogP) is 3.33. The molecule has 5 heteroatoms. The number of methoxy groups -OCH3 is 1. The fourth-order valence-electron chi connectivity index (χ4n) is 2.56. The molecule has 0 spiro atoms. The number of thioether (sulfide) groups is 1. The second kappa shape index (κ2) is 11.1. The summed E-state index contributed by atoms with van der Waals surface area (Å²) in [4.78, 5) is 23.2. The first kappa shape index (κ1) is 19.6. The average molecular weight is 337 g/mol. The maximum atomic E-state index is 10.9. The first-order valence-electron chi connectivity index (χ1n) is 7.97. The van der Waals surface area contributed by atoms with Gasteiger partial charge in [0.15, 0.2) is 0 Å². The number of nitrogens with zero attached hydrogens (tertiary/aromatic N) is 1. The minimum absolute atomic E-state index is 0.190. The third-order valence-electron chi connectivity index (χ3n) is 3.89. The zero-order valence-corrected chi connectivity index (χ0v) is 15.1. The van der Waals surface area contributed by atoms with Crippen LogP contribution in [0.3, 0.4) is 0 Å². The number of aldehydes is 1. The van der Waals surface area contributed by atoms with Gasteiger partial charge in [-0.25, -0.2) is 0 Å². The molecule has 0 radical (unpaired) electrons. The van der Waals surface area contributed by atoms with Crippen molar-refractivity contribution in [2.45, 2.75) is 37.4 Å². The van der Waals surface area contributed by atoms with E-state index in [9.17, 15) is 9.59 Å². The van der Waals surface area contributed by atoms with Crippen molar-refractivity contribution in [1.29, 1.82) is 0 Å². The summed E-state index contributed by atoms with van der Waals surface area (Å²) in [7, 11) is 3.54. The van der Waals surface area contributed by atoms with Crippen molar-refractivity contribution in [2.75, 3.05) is 31.9 Å². The Labute approximate surface area is 143 Å². The standard InChI is InChI=1S/C11H15N.C7H12O3S/c1-12-9-5-4-7-10-6-2-3-8-11(10)12;1-10-7(9)6(11-2)4-3-5-8/h2-3,6,8H,4-5,7,9H2,1H3;5-6H,3-4H2,1-2H3. The summed E-state index contributed by atoms with van der Waals surface area (Å²) in [6, 6.07) is 8.73. The van der Waals surface area contributed by atoms with E-state index in [4.69, 9.17) is 0 Å². The molecule has 1 aromatic carbocycles. The number of carbonyl (C=O) groups is 2. The van der Waals surface area contributed by atoms with E-state index < -0.39 is 0 Å². The number of ether oxygens (including phenoxy) is 1. The van der Waals surface area contributed by atoms with Crippen molar-refractivity contribution in [2.24, 2.45) is 0 Å². The maximum absolute atomic E-state index is 10.9. The van der Waals surface area contributed by atoms with Gasteiger partial charge in [0.1, 0.15) is 11.5 Å². The van der Waals surface area contributed by atoms with Gasteiger partial charge in [-0.05, 0) is 43.6 Å². The van der Waals surface area contributed by atoms with Gasteiger partial charge in [0, 0.05) is 25.7 Å². The molecule has 1 unspecified atom stereocenters. The number of rotatable bonds is 5. The van der Waals surface area contributed by atoms with E-state index in [-0.39, 0.29) is 11.2 Å². The Morgan fingerprint density at radius 3 is 2.78 bits per heavy atom. The average Bonchev–Trinajstić information content (AvgIpc) is 2.78. The van der Waals surface area contributed by atoms with Crippen LogP contribution in [0.5, 0.6) is 0 Å². The van der Waals surface area contributed by atoms with Crippen LogP contribution < -0.4 is 4.90 Å². The van der Waals surface area contributed by atoms with Crippen LogP contribution in [0.25, 0.3) is 0 Å². The number of hydrogen-bond acceptors (Lipinski definition) is 5. The van der Waals surface area contributed by atoms with Crippen LogP contribution in [0.1, 0.15) is 31.2 Å². The lowest BCUT2D eigenvalue weighted by molar-refractivity contribution is -0.140. The molecular weight excluding hydrogens is 310 g/mol. The van der Waals surface area contributed by atoms with E-state index >= 15 is 0 Å². The van der Waals surface area contributed by atoms with E-state index in [0.717, 1.165) is 6.29 Å². The topological polar surface area (TPSA) is 46.6 Å². The molecule has 0 saturated heterocycles. The number of anilines is 1. The largest absolute Gasteiger partial charge is 0.468 e.